The number of carboxylic acids is 3. The SMILES string of the molecule is NC(Cc1ccc(O)cc1)C(=O)NC(CCC(=O)O)C(=O)NC(CC(=O)O)C(=O)NC(Cc1c[nH]c2ccccc12)C(=O)O. The quantitative estimate of drug-likeness (QED) is 0.103. The van der Waals surface area contributed by atoms with Gasteiger partial charge in [0.1, 0.15) is 23.9 Å². The normalized spacial score (nSPS) is 13.7. The Kier molecular flexibility index (Phi) is 11.4. The molecular formula is C29H33N5O10. The maximum absolute atomic E-state index is 13.1. The van der Waals surface area contributed by atoms with Crippen LogP contribution in [-0.2, 0) is 41.6 Å². The highest BCUT2D eigenvalue weighted by Crippen LogP contribution is 2.19. The number of phenolic OH excluding ortho intramolecular Hbond substituents is 1. The van der Waals surface area contributed by atoms with E-state index in [-0.39, 0.29) is 18.6 Å². The van der Waals surface area contributed by atoms with Crippen LogP contribution in [0.2, 0.25) is 0 Å². The zero-order valence-electron chi connectivity index (χ0n) is 23.4. The van der Waals surface area contributed by atoms with Crippen LogP contribution in [0.4, 0.5) is 0 Å². The Balaban J connectivity index is 1.72. The zero-order valence-corrected chi connectivity index (χ0v) is 23.4. The Labute approximate surface area is 250 Å². The number of hydrogen-bond donors (Lipinski definition) is 9. The van der Waals surface area contributed by atoms with Crippen LogP contribution in [-0.4, -0.2) is 85.2 Å². The van der Waals surface area contributed by atoms with Gasteiger partial charge in [0.2, 0.25) is 17.7 Å². The number of nitrogens with one attached hydrogen (secondary N) is 4. The van der Waals surface area contributed by atoms with Crippen LogP contribution in [0.5, 0.6) is 5.75 Å². The van der Waals surface area contributed by atoms with Crippen molar-refractivity contribution in [3.8, 4) is 5.75 Å². The number of carbonyl (C=O) groups is 6. The molecule has 1 aromatic heterocycles. The predicted octanol–water partition coefficient (Wildman–Crippen LogP) is -0.135. The van der Waals surface area contributed by atoms with E-state index in [2.05, 4.69) is 20.9 Å². The fourth-order valence-electron chi connectivity index (χ4n) is 4.44. The summed E-state index contributed by atoms with van der Waals surface area (Å²) in [7, 11) is 0. The third-order valence-corrected chi connectivity index (χ3v) is 6.73. The van der Waals surface area contributed by atoms with E-state index in [9.17, 15) is 44.1 Å². The number of amides is 3. The smallest absolute Gasteiger partial charge is 0.326 e. The monoisotopic (exact) mass is 611 g/mol. The number of para-hydroxylation sites is 1. The number of nitrogens with two attached hydrogens (primary N) is 1. The largest absolute Gasteiger partial charge is 0.508 e. The molecule has 0 aliphatic rings. The lowest BCUT2D eigenvalue weighted by Crippen LogP contribution is -2.57. The number of fused-ring (bicyclic) bond motifs is 1. The highest BCUT2D eigenvalue weighted by molar-refractivity contribution is 5.96. The Morgan fingerprint density at radius 1 is 0.750 bits per heavy atom. The average molecular weight is 612 g/mol. The summed E-state index contributed by atoms with van der Waals surface area (Å²) in [6.45, 7) is 0. The Morgan fingerprint density at radius 2 is 1.36 bits per heavy atom. The Bertz CT molecular complexity index is 1520. The molecule has 0 aliphatic carbocycles. The van der Waals surface area contributed by atoms with E-state index in [1.807, 2.05) is 0 Å². The van der Waals surface area contributed by atoms with Gasteiger partial charge in [0, 0.05) is 29.9 Å². The third kappa shape index (κ3) is 9.55. The van der Waals surface area contributed by atoms with Crippen LogP contribution in [0.1, 0.15) is 30.4 Å². The van der Waals surface area contributed by atoms with Crippen LogP contribution >= 0.6 is 0 Å². The molecule has 3 aromatic rings. The van der Waals surface area contributed by atoms with Gasteiger partial charge in [0.25, 0.3) is 0 Å². The van der Waals surface area contributed by atoms with Gasteiger partial charge in [-0.2, -0.15) is 0 Å². The number of carboxylic acid groups (broad SMARTS) is 3. The summed E-state index contributed by atoms with van der Waals surface area (Å²) >= 11 is 0. The van der Waals surface area contributed by atoms with Gasteiger partial charge < -0.3 is 47.1 Å². The van der Waals surface area contributed by atoms with Gasteiger partial charge in [-0.1, -0.05) is 30.3 Å². The topological polar surface area (TPSA) is 261 Å². The minimum Gasteiger partial charge on any atom is -0.508 e. The highest BCUT2D eigenvalue weighted by atomic mass is 16.4. The number of aromatic nitrogens is 1. The van der Waals surface area contributed by atoms with Crippen molar-refractivity contribution in [3.05, 3.63) is 65.9 Å². The fourth-order valence-corrected chi connectivity index (χ4v) is 4.44. The second-order valence-corrected chi connectivity index (χ2v) is 10.1. The highest BCUT2D eigenvalue weighted by Gasteiger charge is 2.32. The van der Waals surface area contributed by atoms with E-state index in [1.54, 1.807) is 30.5 Å². The van der Waals surface area contributed by atoms with Crippen molar-refractivity contribution in [3.63, 3.8) is 0 Å². The molecule has 0 radical (unpaired) electrons. The van der Waals surface area contributed by atoms with E-state index in [1.165, 1.54) is 24.3 Å². The second kappa shape index (κ2) is 15.2. The van der Waals surface area contributed by atoms with Crippen LogP contribution in [0, 0.1) is 0 Å². The maximum Gasteiger partial charge on any atom is 0.326 e. The summed E-state index contributed by atoms with van der Waals surface area (Å²) < 4.78 is 0. The standard InChI is InChI=1S/C29H33N5O10/c30-19(11-15-5-7-17(35)8-6-15)26(40)32-21(9-10-24(36)37)27(41)33-22(13-25(38)39)28(42)34-23(29(43)44)12-16-14-31-20-4-2-1-3-18(16)20/h1-8,14,19,21-23,31,35H,9-13,30H2,(H,32,40)(H,33,41)(H,34,42)(H,36,37)(H,38,39)(H,43,44). The molecule has 4 unspecified atom stereocenters. The number of carbonyl (C=O) groups excluding carboxylic acids is 3. The van der Waals surface area contributed by atoms with Gasteiger partial charge in [0.15, 0.2) is 0 Å². The van der Waals surface area contributed by atoms with Crippen molar-refractivity contribution in [1.29, 1.82) is 0 Å². The molecule has 2 aromatic carbocycles. The molecule has 0 spiro atoms. The molecule has 3 rings (SSSR count). The van der Waals surface area contributed by atoms with Gasteiger partial charge in [-0.25, -0.2) is 4.79 Å². The van der Waals surface area contributed by atoms with Gasteiger partial charge in [0.05, 0.1) is 12.5 Å². The molecule has 15 heteroatoms. The number of benzene rings is 2. The molecule has 0 fully saturated rings. The van der Waals surface area contributed by atoms with E-state index in [0.29, 0.717) is 11.1 Å². The lowest BCUT2D eigenvalue weighted by atomic mass is 10.0. The number of aliphatic carboxylic acids is 3. The molecule has 15 nitrogen and oxygen atoms in total. The maximum atomic E-state index is 13.1. The predicted molar refractivity (Wildman–Crippen MR) is 154 cm³/mol. The van der Waals surface area contributed by atoms with Gasteiger partial charge >= 0.3 is 17.9 Å². The van der Waals surface area contributed by atoms with Crippen LogP contribution < -0.4 is 21.7 Å². The van der Waals surface area contributed by atoms with Crippen molar-refractivity contribution in [2.75, 3.05) is 0 Å². The third-order valence-electron chi connectivity index (χ3n) is 6.73. The molecule has 0 aliphatic heterocycles. The number of hydrogen-bond acceptors (Lipinski definition) is 8. The van der Waals surface area contributed by atoms with E-state index < -0.39 is 79.1 Å². The van der Waals surface area contributed by atoms with Crippen LogP contribution in [0.25, 0.3) is 10.9 Å². The first-order valence-corrected chi connectivity index (χ1v) is 13.5. The molecule has 1 heterocycles. The minimum absolute atomic E-state index is 0.00442. The summed E-state index contributed by atoms with van der Waals surface area (Å²) in [6, 6.07) is 6.99. The number of H-pyrrole nitrogens is 1. The van der Waals surface area contributed by atoms with Gasteiger partial charge in [-0.3, -0.25) is 24.0 Å². The zero-order chi connectivity index (χ0) is 32.4. The molecule has 10 N–H and O–H groups in total. The number of aromatic hydroxyl groups is 1. The van der Waals surface area contributed by atoms with Crippen molar-refractivity contribution >= 4 is 46.5 Å². The van der Waals surface area contributed by atoms with E-state index in [4.69, 9.17) is 10.8 Å². The summed E-state index contributed by atoms with van der Waals surface area (Å²) in [5.74, 6) is -7.18. The first-order valence-electron chi connectivity index (χ1n) is 13.5. The van der Waals surface area contributed by atoms with E-state index >= 15 is 0 Å². The molecule has 44 heavy (non-hydrogen) atoms. The Morgan fingerprint density at radius 3 is 2.00 bits per heavy atom. The number of phenols is 1. The van der Waals surface area contributed by atoms with Crippen molar-refractivity contribution in [2.45, 2.75) is 56.3 Å². The molecule has 0 saturated heterocycles. The molecule has 0 bridgehead atoms. The van der Waals surface area contributed by atoms with Crippen molar-refractivity contribution in [2.24, 2.45) is 5.73 Å². The molecule has 0 saturated carbocycles. The lowest BCUT2D eigenvalue weighted by Gasteiger charge is -2.24. The first kappa shape index (κ1) is 33.1. The summed E-state index contributed by atoms with van der Waals surface area (Å²) in [5, 5.41) is 45.2. The summed E-state index contributed by atoms with van der Waals surface area (Å²) in [6.07, 6.45) is -0.473. The minimum atomic E-state index is -1.76. The second-order valence-electron chi connectivity index (χ2n) is 10.1. The summed E-state index contributed by atoms with van der Waals surface area (Å²) in [5.41, 5.74) is 7.87. The van der Waals surface area contributed by atoms with Crippen molar-refractivity contribution < 1.29 is 49.2 Å². The van der Waals surface area contributed by atoms with E-state index in [0.717, 1.165) is 10.9 Å². The average Bonchev–Trinajstić information content (AvgIpc) is 3.37. The Hall–Kier alpha value is -5.44. The molecule has 3 amide bonds. The molecule has 234 valence electrons. The molecule has 4 atom stereocenters. The number of rotatable bonds is 16. The fraction of sp³-hybridized carbons (Fsp3) is 0.310. The van der Waals surface area contributed by atoms with Crippen molar-refractivity contribution in [1.82, 2.24) is 20.9 Å². The van der Waals surface area contributed by atoms with Gasteiger partial charge in [-0.05, 0) is 42.2 Å². The van der Waals surface area contributed by atoms with Crippen LogP contribution in [0.15, 0.2) is 54.7 Å². The van der Waals surface area contributed by atoms with Gasteiger partial charge in [-0.15, -0.1) is 0 Å². The lowest BCUT2D eigenvalue weighted by molar-refractivity contribution is -0.143. The summed E-state index contributed by atoms with van der Waals surface area (Å²) in [4.78, 5) is 76.7. The number of aromatic amines is 1. The van der Waals surface area contributed by atoms with Crippen LogP contribution in [0.3, 0.4) is 0 Å². The molecular weight excluding hydrogens is 578 g/mol. The first-order chi connectivity index (χ1) is 20.8.